The van der Waals surface area contributed by atoms with Crippen molar-refractivity contribution in [1.29, 1.82) is 0 Å². The van der Waals surface area contributed by atoms with Crippen molar-refractivity contribution in [2.24, 2.45) is 0 Å². The molecule has 11 heteroatoms. The van der Waals surface area contributed by atoms with Crippen LogP contribution in [-0.2, 0) is 14.8 Å². The highest BCUT2D eigenvalue weighted by Crippen LogP contribution is 2.37. The van der Waals surface area contributed by atoms with Gasteiger partial charge in [0.05, 0.1) is 4.92 Å². The summed E-state index contributed by atoms with van der Waals surface area (Å²) in [5.41, 5.74) is -0.538. The van der Waals surface area contributed by atoms with Crippen LogP contribution in [0.3, 0.4) is 0 Å². The van der Waals surface area contributed by atoms with Gasteiger partial charge in [0.15, 0.2) is 4.34 Å². The van der Waals surface area contributed by atoms with E-state index in [2.05, 4.69) is 6.58 Å². The van der Waals surface area contributed by atoms with Gasteiger partial charge in [0, 0.05) is 12.6 Å². The van der Waals surface area contributed by atoms with E-state index in [9.17, 15) is 23.3 Å². The Morgan fingerprint density at radius 1 is 1.65 bits per heavy atom. The molecule has 110 valence electrons. The predicted molar refractivity (Wildman–Crippen MR) is 72.6 cm³/mol. The number of sulfonamides is 1. The zero-order chi connectivity index (χ0) is 15.5. The fourth-order valence-corrected chi connectivity index (χ4v) is 4.44. The number of thiophene rings is 1. The fourth-order valence-electron chi connectivity index (χ4n) is 1.26. The Labute approximate surface area is 123 Å². The van der Waals surface area contributed by atoms with E-state index in [1.807, 2.05) is 0 Å². The fraction of sp³-hybridized carbons (Fsp3) is 0.222. The van der Waals surface area contributed by atoms with Gasteiger partial charge in [-0.2, -0.15) is 4.31 Å². The maximum atomic E-state index is 12.2. The number of halogens is 1. The summed E-state index contributed by atoms with van der Waals surface area (Å²) in [5, 5.41) is 19.3. The Bertz CT molecular complexity index is 653. The van der Waals surface area contributed by atoms with Crippen LogP contribution in [-0.4, -0.2) is 41.8 Å². The van der Waals surface area contributed by atoms with Gasteiger partial charge in [-0.05, 0) is 0 Å². The summed E-state index contributed by atoms with van der Waals surface area (Å²) in [6, 6.07) is 0.806. The number of carboxylic acid groups (broad SMARTS) is 1. The molecular weight excluding hydrogens is 332 g/mol. The van der Waals surface area contributed by atoms with Crippen molar-refractivity contribution in [3.63, 3.8) is 0 Å². The van der Waals surface area contributed by atoms with Gasteiger partial charge in [-0.15, -0.1) is 17.9 Å². The SMILES string of the molecule is C=CCN(CC(=O)O)S(=O)(=O)c1cc([N+](=O)[O-])c(Cl)s1. The molecule has 0 unspecified atom stereocenters. The second kappa shape index (κ2) is 6.31. The largest absolute Gasteiger partial charge is 0.480 e. The molecular formula is C9H9ClN2O6S2. The smallest absolute Gasteiger partial charge is 0.318 e. The topological polar surface area (TPSA) is 118 Å². The summed E-state index contributed by atoms with van der Waals surface area (Å²) in [4.78, 5) is 20.5. The minimum absolute atomic E-state index is 0.238. The van der Waals surface area contributed by atoms with Crippen LogP contribution >= 0.6 is 22.9 Å². The average Bonchev–Trinajstić information content (AvgIpc) is 2.71. The Hall–Kier alpha value is -1.49. The number of aliphatic carboxylic acids is 1. The highest BCUT2D eigenvalue weighted by Gasteiger charge is 2.31. The van der Waals surface area contributed by atoms with Crippen LogP contribution in [0.15, 0.2) is 22.9 Å². The molecule has 0 aliphatic rings. The molecule has 1 heterocycles. The first-order valence-corrected chi connectivity index (χ1v) is 7.60. The van der Waals surface area contributed by atoms with E-state index >= 15 is 0 Å². The standard InChI is InChI=1S/C9H9ClN2O6S2/c1-2-3-11(5-7(13)14)20(17,18)8-4-6(12(15)16)9(10)19-8/h2,4H,1,3,5H2,(H,13,14). The summed E-state index contributed by atoms with van der Waals surface area (Å²) >= 11 is 6.09. The van der Waals surface area contributed by atoms with Gasteiger partial charge in [-0.1, -0.05) is 17.7 Å². The van der Waals surface area contributed by atoms with E-state index in [0.29, 0.717) is 15.6 Å². The first-order chi connectivity index (χ1) is 9.20. The van der Waals surface area contributed by atoms with E-state index < -0.39 is 37.4 Å². The van der Waals surface area contributed by atoms with Crippen LogP contribution in [0.2, 0.25) is 4.34 Å². The second-order valence-corrected chi connectivity index (χ2v) is 7.28. The zero-order valence-electron chi connectivity index (χ0n) is 9.85. The first kappa shape index (κ1) is 16.6. The van der Waals surface area contributed by atoms with Gasteiger partial charge < -0.3 is 5.11 Å². The number of hydrogen-bond acceptors (Lipinski definition) is 6. The minimum Gasteiger partial charge on any atom is -0.480 e. The minimum atomic E-state index is -4.18. The van der Waals surface area contributed by atoms with Gasteiger partial charge in [0.25, 0.3) is 15.7 Å². The van der Waals surface area contributed by atoms with E-state index in [4.69, 9.17) is 16.7 Å². The Balaban J connectivity index is 3.25. The van der Waals surface area contributed by atoms with Crippen molar-refractivity contribution in [3.05, 3.63) is 33.2 Å². The Morgan fingerprint density at radius 2 is 2.25 bits per heavy atom. The lowest BCUT2D eigenvalue weighted by molar-refractivity contribution is -0.384. The molecule has 1 rings (SSSR count). The van der Waals surface area contributed by atoms with Crippen molar-refractivity contribution >= 4 is 44.6 Å². The third kappa shape index (κ3) is 3.54. The first-order valence-electron chi connectivity index (χ1n) is 4.96. The molecule has 0 spiro atoms. The van der Waals surface area contributed by atoms with Crippen LogP contribution in [0.5, 0.6) is 0 Å². The second-order valence-electron chi connectivity index (χ2n) is 3.46. The van der Waals surface area contributed by atoms with Gasteiger partial charge >= 0.3 is 5.97 Å². The number of carboxylic acids is 1. The summed E-state index contributed by atoms with van der Waals surface area (Å²) in [6.07, 6.45) is 1.21. The number of rotatable bonds is 7. The number of nitrogens with zero attached hydrogens (tertiary/aromatic N) is 2. The molecule has 0 saturated carbocycles. The van der Waals surface area contributed by atoms with Crippen molar-refractivity contribution in [3.8, 4) is 0 Å². The highest BCUT2D eigenvalue weighted by atomic mass is 35.5. The van der Waals surface area contributed by atoms with Gasteiger partial charge in [0.2, 0.25) is 0 Å². The van der Waals surface area contributed by atoms with Crippen LogP contribution in [0, 0.1) is 10.1 Å². The van der Waals surface area contributed by atoms with Crippen molar-refractivity contribution < 1.29 is 23.2 Å². The van der Waals surface area contributed by atoms with Gasteiger partial charge in [-0.25, -0.2) is 8.42 Å². The van der Waals surface area contributed by atoms with Crippen molar-refractivity contribution in [1.82, 2.24) is 4.31 Å². The highest BCUT2D eigenvalue weighted by molar-refractivity contribution is 7.91. The molecule has 0 atom stereocenters. The molecule has 1 aromatic heterocycles. The molecule has 0 fully saturated rings. The van der Waals surface area contributed by atoms with Crippen LogP contribution in [0.4, 0.5) is 5.69 Å². The lowest BCUT2D eigenvalue weighted by Crippen LogP contribution is -2.35. The van der Waals surface area contributed by atoms with Crippen molar-refractivity contribution in [2.45, 2.75) is 4.21 Å². The lowest BCUT2D eigenvalue weighted by Gasteiger charge is -2.16. The molecule has 0 bridgehead atoms. The normalized spacial score (nSPS) is 11.5. The Kier molecular flexibility index (Phi) is 5.22. The molecule has 8 nitrogen and oxygen atoms in total. The monoisotopic (exact) mass is 340 g/mol. The third-order valence-corrected chi connectivity index (χ3v) is 5.68. The van der Waals surface area contributed by atoms with E-state index in [1.165, 1.54) is 6.08 Å². The van der Waals surface area contributed by atoms with E-state index in [1.54, 1.807) is 0 Å². The molecule has 0 saturated heterocycles. The van der Waals surface area contributed by atoms with Crippen LogP contribution in [0.25, 0.3) is 0 Å². The third-order valence-electron chi connectivity index (χ3n) is 2.08. The molecule has 0 aromatic carbocycles. The number of hydrogen-bond donors (Lipinski definition) is 1. The van der Waals surface area contributed by atoms with Crippen LogP contribution < -0.4 is 0 Å². The van der Waals surface area contributed by atoms with E-state index in [0.717, 1.165) is 6.07 Å². The molecule has 0 radical (unpaired) electrons. The number of nitro groups is 1. The molecule has 1 aromatic rings. The summed E-state index contributed by atoms with van der Waals surface area (Å²) in [6.45, 7) is 2.32. The molecule has 0 amide bonds. The van der Waals surface area contributed by atoms with E-state index in [-0.39, 0.29) is 10.9 Å². The number of carbonyl (C=O) groups is 1. The zero-order valence-corrected chi connectivity index (χ0v) is 12.2. The summed E-state index contributed by atoms with van der Waals surface area (Å²) in [7, 11) is -4.18. The average molecular weight is 341 g/mol. The van der Waals surface area contributed by atoms with Crippen LogP contribution in [0.1, 0.15) is 0 Å². The predicted octanol–water partition coefficient (Wildman–Crippen LogP) is 1.57. The Morgan fingerprint density at radius 3 is 2.65 bits per heavy atom. The molecule has 0 aliphatic carbocycles. The molecule has 20 heavy (non-hydrogen) atoms. The maximum absolute atomic E-state index is 12.2. The molecule has 1 N–H and O–H groups in total. The quantitative estimate of drug-likeness (QED) is 0.457. The molecule has 0 aliphatic heterocycles. The lowest BCUT2D eigenvalue weighted by atomic mass is 10.5. The summed E-state index contributed by atoms with van der Waals surface area (Å²) in [5.74, 6) is -1.35. The van der Waals surface area contributed by atoms with Crippen molar-refractivity contribution in [2.75, 3.05) is 13.1 Å². The van der Waals surface area contributed by atoms with Gasteiger partial charge in [-0.3, -0.25) is 14.9 Å². The van der Waals surface area contributed by atoms with Gasteiger partial charge in [0.1, 0.15) is 10.8 Å². The summed E-state index contributed by atoms with van der Waals surface area (Å²) < 4.78 is 24.3. The maximum Gasteiger partial charge on any atom is 0.318 e.